The molecule has 0 spiro atoms. The molecular formula is C20H26F2O3. The molecule has 1 aromatic rings. The molecule has 1 heterocycles. The van der Waals surface area contributed by atoms with Gasteiger partial charge >= 0.3 is 0 Å². The Kier molecular flexibility index (Phi) is 6.47. The van der Waals surface area contributed by atoms with Crippen LogP contribution in [0.15, 0.2) is 30.4 Å². The summed E-state index contributed by atoms with van der Waals surface area (Å²) < 4.78 is 38.5. The summed E-state index contributed by atoms with van der Waals surface area (Å²) in [5.74, 6) is -1.84. The van der Waals surface area contributed by atoms with Gasteiger partial charge in [0.15, 0.2) is 17.9 Å². The van der Waals surface area contributed by atoms with Gasteiger partial charge in [-0.15, -0.1) is 0 Å². The fourth-order valence-corrected chi connectivity index (χ4v) is 3.32. The van der Waals surface area contributed by atoms with E-state index in [1.165, 1.54) is 6.07 Å². The Balaban J connectivity index is 2.25. The van der Waals surface area contributed by atoms with Crippen LogP contribution in [0.2, 0.25) is 0 Å². The van der Waals surface area contributed by atoms with Crippen LogP contribution >= 0.6 is 0 Å². The Morgan fingerprint density at radius 1 is 1.32 bits per heavy atom. The molecule has 1 aromatic carbocycles. The van der Waals surface area contributed by atoms with Gasteiger partial charge in [-0.1, -0.05) is 26.5 Å². The molecule has 2 rings (SSSR count). The van der Waals surface area contributed by atoms with Crippen LogP contribution in [0.25, 0.3) is 0 Å². The minimum absolute atomic E-state index is 0.000837. The van der Waals surface area contributed by atoms with Gasteiger partial charge in [-0.2, -0.15) is 0 Å². The zero-order valence-electron chi connectivity index (χ0n) is 15.1. The van der Waals surface area contributed by atoms with Crippen LogP contribution in [0.1, 0.15) is 51.9 Å². The van der Waals surface area contributed by atoms with Gasteiger partial charge in [0, 0.05) is 12.0 Å². The third-order valence-electron chi connectivity index (χ3n) is 4.96. The van der Waals surface area contributed by atoms with E-state index in [0.717, 1.165) is 36.8 Å². The number of rotatable bonds is 3. The van der Waals surface area contributed by atoms with E-state index in [1.807, 2.05) is 6.92 Å². The van der Waals surface area contributed by atoms with E-state index in [-0.39, 0.29) is 24.0 Å². The van der Waals surface area contributed by atoms with E-state index in [9.17, 15) is 13.6 Å². The van der Waals surface area contributed by atoms with Gasteiger partial charge in [0.2, 0.25) is 0 Å². The third-order valence-corrected chi connectivity index (χ3v) is 4.96. The van der Waals surface area contributed by atoms with Gasteiger partial charge in [-0.3, -0.25) is 0 Å². The first-order chi connectivity index (χ1) is 11.7. The highest BCUT2D eigenvalue weighted by Gasteiger charge is 2.33. The predicted octanol–water partition coefficient (Wildman–Crippen LogP) is 4.97. The van der Waals surface area contributed by atoms with Gasteiger partial charge in [0.05, 0.1) is 12.7 Å². The first-order valence-corrected chi connectivity index (χ1v) is 8.58. The molecule has 0 saturated carbocycles. The van der Waals surface area contributed by atoms with Gasteiger partial charge in [0.1, 0.15) is 6.29 Å². The van der Waals surface area contributed by atoms with E-state index < -0.39 is 17.9 Å². The molecule has 1 aliphatic rings. The lowest BCUT2D eigenvalue weighted by Gasteiger charge is -2.38. The Labute approximate surface area is 148 Å². The first kappa shape index (κ1) is 19.7. The maximum atomic E-state index is 13.6. The van der Waals surface area contributed by atoms with Crippen molar-refractivity contribution in [1.82, 2.24) is 0 Å². The molecule has 138 valence electrons. The quantitative estimate of drug-likeness (QED) is 0.569. The van der Waals surface area contributed by atoms with Crippen LogP contribution in [0.5, 0.6) is 0 Å². The number of ether oxygens (including phenoxy) is 2. The highest BCUT2D eigenvalue weighted by atomic mass is 19.2. The summed E-state index contributed by atoms with van der Waals surface area (Å²) in [6.45, 7) is 10.4. The molecule has 0 amide bonds. The zero-order valence-corrected chi connectivity index (χ0v) is 15.1. The summed E-state index contributed by atoms with van der Waals surface area (Å²) in [7, 11) is 0. The van der Waals surface area contributed by atoms with Crippen molar-refractivity contribution in [3.05, 3.63) is 47.5 Å². The minimum atomic E-state index is -0.937. The Morgan fingerprint density at radius 3 is 2.68 bits per heavy atom. The number of aldehydes is 1. The second-order valence-corrected chi connectivity index (χ2v) is 7.40. The average molecular weight is 352 g/mol. The molecule has 1 fully saturated rings. The predicted molar refractivity (Wildman–Crippen MR) is 91.9 cm³/mol. The molecule has 0 bridgehead atoms. The summed E-state index contributed by atoms with van der Waals surface area (Å²) in [5.41, 5.74) is 1.13. The lowest BCUT2D eigenvalue weighted by Crippen LogP contribution is -2.31. The van der Waals surface area contributed by atoms with Crippen LogP contribution in [0, 0.1) is 23.0 Å². The van der Waals surface area contributed by atoms with Crippen LogP contribution in [-0.2, 0) is 14.3 Å². The van der Waals surface area contributed by atoms with Gasteiger partial charge in [-0.05, 0) is 48.8 Å². The number of benzene rings is 1. The van der Waals surface area contributed by atoms with Crippen molar-refractivity contribution in [2.45, 2.75) is 52.4 Å². The van der Waals surface area contributed by atoms with E-state index in [2.05, 4.69) is 20.4 Å². The monoisotopic (exact) mass is 352 g/mol. The van der Waals surface area contributed by atoms with E-state index >= 15 is 0 Å². The van der Waals surface area contributed by atoms with E-state index in [1.54, 1.807) is 0 Å². The lowest BCUT2D eigenvalue weighted by molar-refractivity contribution is -0.173. The smallest absolute Gasteiger partial charge is 0.184 e. The summed E-state index contributed by atoms with van der Waals surface area (Å²) in [6, 6.07) is 3.61. The number of carbonyl (C=O) groups is 1. The van der Waals surface area contributed by atoms with Crippen molar-refractivity contribution in [3.63, 3.8) is 0 Å². The van der Waals surface area contributed by atoms with Crippen molar-refractivity contribution in [3.8, 4) is 0 Å². The molecular weight excluding hydrogens is 326 g/mol. The standard InChI is InChI=1S/C20H26F2O3/c1-13-12-24-19(15-5-6-17(21)18(22)11-15)25-14(2)7-9-20(3,4)16(13)8-10-23/h5-6,10-11,14,16,19H,1,7-9,12H2,2-4H3/t14-,16+,19+/m0/s1. The number of halogens is 2. The summed E-state index contributed by atoms with van der Waals surface area (Å²) >= 11 is 0. The average Bonchev–Trinajstić information content (AvgIpc) is 2.56. The Morgan fingerprint density at radius 2 is 2.04 bits per heavy atom. The molecule has 0 radical (unpaired) electrons. The molecule has 0 unspecified atom stereocenters. The van der Waals surface area contributed by atoms with Crippen molar-refractivity contribution in [2.75, 3.05) is 6.61 Å². The number of hydrogen-bond donors (Lipinski definition) is 0. The highest BCUT2D eigenvalue weighted by Crippen LogP contribution is 2.40. The molecule has 0 N–H and O–H groups in total. The first-order valence-electron chi connectivity index (χ1n) is 8.58. The molecule has 3 atom stereocenters. The van der Waals surface area contributed by atoms with Crippen LogP contribution in [-0.4, -0.2) is 19.0 Å². The Hall–Kier alpha value is -1.59. The Bertz CT molecular complexity index is 627. The summed E-state index contributed by atoms with van der Waals surface area (Å²) in [6.07, 6.45) is 1.99. The van der Waals surface area contributed by atoms with Gasteiger partial charge in [0.25, 0.3) is 0 Å². The molecule has 0 aromatic heterocycles. The molecule has 3 nitrogen and oxygen atoms in total. The van der Waals surface area contributed by atoms with Crippen LogP contribution in [0.4, 0.5) is 8.78 Å². The van der Waals surface area contributed by atoms with Crippen molar-refractivity contribution < 1.29 is 23.0 Å². The van der Waals surface area contributed by atoms with E-state index in [0.29, 0.717) is 12.0 Å². The zero-order chi connectivity index (χ0) is 18.6. The van der Waals surface area contributed by atoms with Crippen molar-refractivity contribution in [2.24, 2.45) is 11.3 Å². The fraction of sp³-hybridized carbons (Fsp3) is 0.550. The SMILES string of the molecule is C=C1CO[C@@H](c2ccc(F)c(F)c2)O[C@@H](C)CCC(C)(C)[C@@H]1CC=O. The largest absolute Gasteiger partial charge is 0.345 e. The molecule has 25 heavy (non-hydrogen) atoms. The van der Waals surface area contributed by atoms with Crippen molar-refractivity contribution >= 4 is 6.29 Å². The summed E-state index contributed by atoms with van der Waals surface area (Å²) in [5, 5.41) is 0. The number of hydrogen-bond acceptors (Lipinski definition) is 3. The highest BCUT2D eigenvalue weighted by molar-refractivity contribution is 5.51. The molecule has 0 aliphatic carbocycles. The fourth-order valence-electron chi connectivity index (χ4n) is 3.32. The second kappa shape index (κ2) is 8.19. The van der Waals surface area contributed by atoms with Crippen molar-refractivity contribution in [1.29, 1.82) is 0 Å². The van der Waals surface area contributed by atoms with E-state index in [4.69, 9.17) is 9.47 Å². The van der Waals surface area contributed by atoms with Crippen LogP contribution in [0.3, 0.4) is 0 Å². The normalized spacial score (nSPS) is 27.7. The molecule has 5 heteroatoms. The molecule has 1 aliphatic heterocycles. The lowest BCUT2D eigenvalue weighted by atomic mass is 9.70. The number of carbonyl (C=O) groups excluding carboxylic acids is 1. The van der Waals surface area contributed by atoms with Crippen LogP contribution < -0.4 is 0 Å². The van der Waals surface area contributed by atoms with Gasteiger partial charge in [-0.25, -0.2) is 8.78 Å². The topological polar surface area (TPSA) is 35.5 Å². The minimum Gasteiger partial charge on any atom is -0.345 e. The summed E-state index contributed by atoms with van der Waals surface area (Å²) in [4.78, 5) is 11.1. The maximum Gasteiger partial charge on any atom is 0.184 e. The second-order valence-electron chi connectivity index (χ2n) is 7.40. The maximum absolute atomic E-state index is 13.6. The molecule has 1 saturated heterocycles. The van der Waals surface area contributed by atoms with Gasteiger partial charge < -0.3 is 14.3 Å². The third kappa shape index (κ3) is 4.95.